The lowest BCUT2D eigenvalue weighted by Crippen LogP contribution is -2.47. The van der Waals surface area contributed by atoms with Gasteiger partial charge in [0.2, 0.25) is 5.91 Å². The van der Waals surface area contributed by atoms with Crippen molar-refractivity contribution in [2.45, 2.75) is 51.2 Å². The number of aryl methyl sites for hydroxylation is 2. The van der Waals surface area contributed by atoms with Gasteiger partial charge in [-0.3, -0.25) is 14.7 Å². The molecule has 13 heteroatoms. The summed E-state index contributed by atoms with van der Waals surface area (Å²) in [6, 6.07) is 11.4. The third kappa shape index (κ3) is 7.56. The maximum atomic E-state index is 15.1. The average Bonchev–Trinajstić information content (AvgIpc) is 3.45. The van der Waals surface area contributed by atoms with Gasteiger partial charge in [-0.15, -0.1) is 0 Å². The summed E-state index contributed by atoms with van der Waals surface area (Å²) in [6.45, 7) is 3.99. The highest BCUT2D eigenvalue weighted by Crippen LogP contribution is 2.32. The van der Waals surface area contributed by atoms with Crippen molar-refractivity contribution in [3.8, 4) is 0 Å². The van der Waals surface area contributed by atoms with Crippen LogP contribution in [0.2, 0.25) is 0 Å². The largest absolute Gasteiger partial charge is 0.465 e. The number of fused-ring (bicyclic) bond motifs is 1. The van der Waals surface area contributed by atoms with E-state index in [9.17, 15) is 27.9 Å². The highest BCUT2D eigenvalue weighted by atomic mass is 19.1. The number of ether oxygens (including phenoxy) is 1. The standard InChI is InChI=1S/C36H33F4N5O4/c1-19-9-30-31(10-20(19)2)44-35(43-30)33-18-49-26(17-45(33)36(47)48)7-8-27-29(40)15-41-16-32(27)42-34(46)14-28(21-3-5-23(37)6-4-21)22-11-24(38)13-25(39)12-22/h3-6,9-13,15-16,26,28,33H,7-8,14,17-18H2,1-2H3,(H,42,46)(H,43,44)(H,47,48)/t26?,28-,33?/m0/s1. The number of rotatable bonds is 9. The Bertz CT molecular complexity index is 1960. The topological polar surface area (TPSA) is 120 Å². The molecule has 1 fully saturated rings. The normalized spacial score (nSPS) is 16.9. The lowest BCUT2D eigenvalue weighted by Gasteiger charge is -2.37. The van der Waals surface area contributed by atoms with Gasteiger partial charge in [0.15, 0.2) is 0 Å². The zero-order valence-corrected chi connectivity index (χ0v) is 26.6. The number of carbonyl (C=O) groups excluding carboxylic acids is 1. The Kier molecular flexibility index (Phi) is 9.63. The number of nitrogens with zero attached hydrogens (tertiary/aromatic N) is 3. The molecule has 0 aliphatic carbocycles. The number of pyridine rings is 1. The fraction of sp³-hybridized carbons (Fsp3) is 0.278. The molecule has 0 spiro atoms. The quantitative estimate of drug-likeness (QED) is 0.141. The van der Waals surface area contributed by atoms with Crippen LogP contribution < -0.4 is 5.32 Å². The van der Waals surface area contributed by atoms with Crippen molar-refractivity contribution in [2.75, 3.05) is 18.5 Å². The van der Waals surface area contributed by atoms with Gasteiger partial charge in [0, 0.05) is 24.0 Å². The first-order valence-corrected chi connectivity index (χ1v) is 15.7. The van der Waals surface area contributed by atoms with Crippen LogP contribution in [-0.4, -0.2) is 56.2 Å². The van der Waals surface area contributed by atoms with Crippen LogP contribution in [0.5, 0.6) is 0 Å². The first-order valence-electron chi connectivity index (χ1n) is 15.7. The Labute approximate surface area is 279 Å². The second kappa shape index (κ2) is 14.0. The highest BCUT2D eigenvalue weighted by Gasteiger charge is 2.35. The smallest absolute Gasteiger partial charge is 0.408 e. The Hall–Kier alpha value is -5.30. The van der Waals surface area contributed by atoms with Crippen molar-refractivity contribution in [3.63, 3.8) is 0 Å². The van der Waals surface area contributed by atoms with Gasteiger partial charge in [-0.2, -0.15) is 0 Å². The Morgan fingerprint density at radius 2 is 1.69 bits per heavy atom. The Balaban J connectivity index is 1.15. The van der Waals surface area contributed by atoms with Gasteiger partial charge in [0.1, 0.15) is 35.1 Å². The van der Waals surface area contributed by atoms with Crippen LogP contribution in [0.15, 0.2) is 67.0 Å². The number of aromatic nitrogens is 3. The van der Waals surface area contributed by atoms with Gasteiger partial charge in [-0.05, 0) is 85.3 Å². The number of benzene rings is 3. The van der Waals surface area contributed by atoms with E-state index in [0.29, 0.717) is 17.5 Å². The molecule has 2 amide bonds. The molecule has 254 valence electrons. The van der Waals surface area contributed by atoms with E-state index in [-0.39, 0.29) is 49.2 Å². The molecule has 3 aromatic carbocycles. The summed E-state index contributed by atoms with van der Waals surface area (Å²) in [6.07, 6.45) is 0.565. The van der Waals surface area contributed by atoms with Crippen molar-refractivity contribution < 1.29 is 37.0 Å². The van der Waals surface area contributed by atoms with Crippen molar-refractivity contribution in [2.24, 2.45) is 0 Å². The van der Waals surface area contributed by atoms with Crippen LogP contribution in [0.25, 0.3) is 11.0 Å². The first kappa shape index (κ1) is 33.6. The first-order chi connectivity index (χ1) is 23.4. The van der Waals surface area contributed by atoms with E-state index in [1.165, 1.54) is 35.4 Å². The molecule has 0 radical (unpaired) electrons. The fourth-order valence-corrected chi connectivity index (χ4v) is 6.19. The third-order valence-electron chi connectivity index (χ3n) is 8.89. The van der Waals surface area contributed by atoms with E-state index in [2.05, 4.69) is 20.3 Å². The molecule has 9 nitrogen and oxygen atoms in total. The van der Waals surface area contributed by atoms with Crippen LogP contribution in [-0.2, 0) is 16.0 Å². The Morgan fingerprint density at radius 3 is 2.41 bits per heavy atom. The number of carboxylic acid groups (broad SMARTS) is 1. The minimum absolute atomic E-state index is 0.00698. The number of imidazole rings is 1. The number of hydrogen-bond donors (Lipinski definition) is 3. The molecule has 1 saturated heterocycles. The summed E-state index contributed by atoms with van der Waals surface area (Å²) in [7, 11) is 0. The molecule has 2 unspecified atom stereocenters. The second-order valence-electron chi connectivity index (χ2n) is 12.2. The predicted molar refractivity (Wildman–Crippen MR) is 173 cm³/mol. The van der Waals surface area contributed by atoms with E-state index in [1.807, 2.05) is 26.0 Å². The molecule has 6 rings (SSSR count). The van der Waals surface area contributed by atoms with Crippen molar-refractivity contribution >= 4 is 28.7 Å². The van der Waals surface area contributed by atoms with Crippen LogP contribution in [0.4, 0.5) is 28.0 Å². The molecular weight excluding hydrogens is 642 g/mol. The number of anilines is 1. The van der Waals surface area contributed by atoms with E-state index in [4.69, 9.17) is 4.74 Å². The van der Waals surface area contributed by atoms with Gasteiger partial charge in [-0.1, -0.05) is 12.1 Å². The van der Waals surface area contributed by atoms with Crippen molar-refractivity contribution in [3.05, 3.63) is 124 Å². The Morgan fingerprint density at radius 1 is 0.980 bits per heavy atom. The van der Waals surface area contributed by atoms with Crippen LogP contribution in [0, 0.1) is 37.1 Å². The summed E-state index contributed by atoms with van der Waals surface area (Å²) in [5, 5.41) is 12.7. The van der Waals surface area contributed by atoms with Gasteiger partial charge in [0.25, 0.3) is 0 Å². The van der Waals surface area contributed by atoms with Crippen LogP contribution in [0.3, 0.4) is 0 Å². The molecule has 2 aromatic heterocycles. The molecule has 3 heterocycles. The minimum Gasteiger partial charge on any atom is -0.465 e. The molecule has 1 aliphatic heterocycles. The van der Waals surface area contributed by atoms with Gasteiger partial charge in [0.05, 0.1) is 48.4 Å². The second-order valence-corrected chi connectivity index (χ2v) is 12.2. The van der Waals surface area contributed by atoms with Crippen molar-refractivity contribution in [1.29, 1.82) is 0 Å². The zero-order chi connectivity index (χ0) is 34.8. The number of H-pyrrole nitrogens is 1. The van der Waals surface area contributed by atoms with Crippen molar-refractivity contribution in [1.82, 2.24) is 19.9 Å². The van der Waals surface area contributed by atoms with Gasteiger partial charge in [-0.25, -0.2) is 27.3 Å². The molecule has 49 heavy (non-hydrogen) atoms. The summed E-state index contributed by atoms with van der Waals surface area (Å²) in [4.78, 5) is 38.6. The zero-order valence-electron chi connectivity index (χ0n) is 26.6. The molecular formula is C36H33F4N5O4. The van der Waals surface area contributed by atoms with E-state index in [0.717, 1.165) is 40.5 Å². The van der Waals surface area contributed by atoms with Gasteiger partial charge < -0.3 is 20.1 Å². The molecule has 5 aromatic rings. The maximum Gasteiger partial charge on any atom is 0.408 e. The molecule has 0 bridgehead atoms. The number of hydrogen-bond acceptors (Lipinski definition) is 5. The number of carbonyl (C=O) groups is 2. The molecule has 1 aliphatic rings. The third-order valence-corrected chi connectivity index (χ3v) is 8.89. The fourth-order valence-electron chi connectivity index (χ4n) is 6.19. The van der Waals surface area contributed by atoms with E-state index < -0.39 is 53.3 Å². The number of amides is 2. The summed E-state index contributed by atoms with van der Waals surface area (Å²) >= 11 is 0. The molecule has 3 N–H and O–H groups in total. The monoisotopic (exact) mass is 675 g/mol. The SMILES string of the molecule is Cc1cc2nc(C3COC(CCc4c(F)cncc4NC(=O)C[C@@H](c4ccc(F)cc4)c4cc(F)cc(F)c4)CN3C(=O)O)[nH]c2cc1C. The number of halogens is 4. The predicted octanol–water partition coefficient (Wildman–Crippen LogP) is 7.34. The number of aromatic amines is 1. The van der Waals surface area contributed by atoms with E-state index >= 15 is 4.39 Å². The summed E-state index contributed by atoms with van der Waals surface area (Å²) < 4.78 is 63.1. The lowest BCUT2D eigenvalue weighted by atomic mass is 9.88. The highest BCUT2D eigenvalue weighted by molar-refractivity contribution is 5.92. The number of nitrogens with one attached hydrogen (secondary N) is 2. The lowest BCUT2D eigenvalue weighted by molar-refractivity contribution is -0.116. The number of morpholine rings is 1. The van der Waals surface area contributed by atoms with Crippen LogP contribution in [0.1, 0.15) is 58.4 Å². The molecule has 0 saturated carbocycles. The van der Waals surface area contributed by atoms with E-state index in [1.54, 1.807) is 0 Å². The summed E-state index contributed by atoms with van der Waals surface area (Å²) in [5.41, 5.74) is 4.49. The van der Waals surface area contributed by atoms with Gasteiger partial charge >= 0.3 is 6.09 Å². The average molecular weight is 676 g/mol. The minimum atomic E-state index is -1.15. The molecule has 3 atom stereocenters. The maximum absolute atomic E-state index is 15.1. The summed E-state index contributed by atoms with van der Waals surface area (Å²) in [5.74, 6) is -3.85. The van der Waals surface area contributed by atoms with Crippen LogP contribution >= 0.6 is 0 Å².